The third kappa shape index (κ3) is 2.76. The van der Waals surface area contributed by atoms with E-state index >= 15 is 0 Å². The van der Waals surface area contributed by atoms with Gasteiger partial charge in [-0.2, -0.15) is 0 Å². The summed E-state index contributed by atoms with van der Waals surface area (Å²) in [5.74, 6) is -0.475. The number of aromatic nitrogens is 1. The van der Waals surface area contributed by atoms with Crippen LogP contribution < -0.4 is 23.8 Å². The molecule has 0 aliphatic carbocycles. The van der Waals surface area contributed by atoms with Crippen LogP contribution in [-0.2, 0) is 0 Å². The van der Waals surface area contributed by atoms with Gasteiger partial charge in [0.25, 0.3) is 0 Å². The molecule has 1 aromatic heterocycles. The van der Waals surface area contributed by atoms with E-state index in [0.717, 1.165) is 0 Å². The van der Waals surface area contributed by atoms with Gasteiger partial charge in [0.2, 0.25) is 0 Å². The first-order valence-electron chi connectivity index (χ1n) is 3.48. The molecule has 0 radical (unpaired) electrons. The Morgan fingerprint density at radius 1 is 1.62 bits per heavy atom. The first-order chi connectivity index (χ1) is 5.63. The first kappa shape index (κ1) is 12.0. The zero-order chi connectivity index (χ0) is 9.14. The Morgan fingerprint density at radius 2 is 2.23 bits per heavy atom. The molecular formula is C8H11LiN2O2. The van der Waals surface area contributed by atoms with Gasteiger partial charge < -0.3 is 11.4 Å². The molecule has 5 heteroatoms. The molecule has 0 fully saturated rings. The van der Waals surface area contributed by atoms with E-state index < -0.39 is 5.97 Å². The standard InChI is InChI=1S/C8H10N2O2.Li.H/c1-10(2)7-6(8(11)12)4-3-5-9-7;;/h3-5H,1-2H3,(H,11,12);;/q;+1;-1. The van der Waals surface area contributed by atoms with E-state index in [2.05, 4.69) is 4.98 Å². The van der Waals surface area contributed by atoms with Gasteiger partial charge in [-0.15, -0.1) is 0 Å². The van der Waals surface area contributed by atoms with E-state index in [4.69, 9.17) is 5.11 Å². The van der Waals surface area contributed by atoms with Gasteiger partial charge in [0.05, 0.1) is 0 Å². The van der Waals surface area contributed by atoms with Crippen LogP contribution in [0.15, 0.2) is 18.3 Å². The molecule has 0 saturated heterocycles. The van der Waals surface area contributed by atoms with E-state index in [1.165, 1.54) is 6.07 Å². The zero-order valence-electron chi connectivity index (χ0n) is 8.98. The predicted molar refractivity (Wildman–Crippen MR) is 46.6 cm³/mol. The molecule has 0 aliphatic rings. The van der Waals surface area contributed by atoms with Crippen molar-refractivity contribution >= 4 is 11.8 Å². The van der Waals surface area contributed by atoms with E-state index in [9.17, 15) is 4.79 Å². The summed E-state index contributed by atoms with van der Waals surface area (Å²) in [6.07, 6.45) is 1.57. The molecule has 0 aromatic carbocycles. The van der Waals surface area contributed by atoms with Crippen LogP contribution >= 0.6 is 0 Å². The number of carboxylic acid groups (broad SMARTS) is 1. The molecule has 0 amide bonds. The number of aromatic carboxylic acids is 1. The van der Waals surface area contributed by atoms with Crippen molar-refractivity contribution in [2.45, 2.75) is 0 Å². The molecule has 0 aliphatic heterocycles. The fourth-order valence-corrected chi connectivity index (χ4v) is 0.920. The van der Waals surface area contributed by atoms with Crippen molar-refractivity contribution in [2.75, 3.05) is 19.0 Å². The quantitative estimate of drug-likeness (QED) is 0.525. The average molecular weight is 174 g/mol. The third-order valence-corrected chi connectivity index (χ3v) is 1.44. The summed E-state index contributed by atoms with van der Waals surface area (Å²) in [5.41, 5.74) is 0.225. The number of rotatable bonds is 2. The minimum Gasteiger partial charge on any atom is -1.00 e. The molecule has 0 bridgehead atoms. The average Bonchev–Trinajstić information content (AvgIpc) is 2.04. The van der Waals surface area contributed by atoms with Crippen LogP contribution in [0, 0.1) is 0 Å². The molecule has 1 N–H and O–H groups in total. The van der Waals surface area contributed by atoms with Gasteiger partial charge in [0, 0.05) is 20.3 Å². The van der Waals surface area contributed by atoms with Crippen LogP contribution in [0.3, 0.4) is 0 Å². The van der Waals surface area contributed by atoms with Crippen molar-refractivity contribution in [2.24, 2.45) is 0 Å². The minimum atomic E-state index is -0.952. The van der Waals surface area contributed by atoms with Crippen LogP contribution in [0.4, 0.5) is 5.82 Å². The molecular weight excluding hydrogens is 163 g/mol. The second kappa shape index (κ2) is 4.90. The third-order valence-electron chi connectivity index (χ3n) is 1.44. The number of carboxylic acids is 1. The largest absolute Gasteiger partial charge is 1.00 e. The Bertz CT molecular complexity index is 307. The SMILES string of the molecule is CN(C)c1ncccc1C(=O)O.[H-].[Li+]. The van der Waals surface area contributed by atoms with Crippen LogP contribution in [0.1, 0.15) is 11.8 Å². The minimum absolute atomic E-state index is 0. The molecule has 4 nitrogen and oxygen atoms in total. The van der Waals surface area contributed by atoms with Gasteiger partial charge in [-0.1, -0.05) is 0 Å². The smallest absolute Gasteiger partial charge is 1.00 e. The maximum atomic E-state index is 10.7. The molecule has 66 valence electrons. The molecule has 0 unspecified atom stereocenters. The molecule has 1 heterocycles. The Labute approximate surface area is 90.2 Å². The topological polar surface area (TPSA) is 53.4 Å². The molecule has 0 saturated carbocycles. The van der Waals surface area contributed by atoms with E-state index in [1.807, 2.05) is 0 Å². The number of anilines is 1. The van der Waals surface area contributed by atoms with E-state index in [1.54, 1.807) is 31.3 Å². The molecule has 1 rings (SSSR count). The Morgan fingerprint density at radius 3 is 2.62 bits per heavy atom. The summed E-state index contributed by atoms with van der Waals surface area (Å²) in [4.78, 5) is 16.3. The fourth-order valence-electron chi connectivity index (χ4n) is 0.920. The summed E-state index contributed by atoms with van der Waals surface area (Å²) in [6.45, 7) is 0. The van der Waals surface area contributed by atoms with Crippen LogP contribution in [-0.4, -0.2) is 30.2 Å². The fraction of sp³-hybridized carbons (Fsp3) is 0.250. The summed E-state index contributed by atoms with van der Waals surface area (Å²) in [5, 5.41) is 8.75. The van der Waals surface area contributed by atoms with Gasteiger partial charge >= 0.3 is 24.8 Å². The maximum Gasteiger partial charge on any atom is 1.00 e. The Balaban J connectivity index is 0. The zero-order valence-corrected chi connectivity index (χ0v) is 7.98. The van der Waals surface area contributed by atoms with Crippen molar-refractivity contribution in [1.82, 2.24) is 4.98 Å². The molecule has 0 atom stereocenters. The Hall–Kier alpha value is -0.983. The van der Waals surface area contributed by atoms with Crippen molar-refractivity contribution in [3.05, 3.63) is 23.9 Å². The summed E-state index contributed by atoms with van der Waals surface area (Å²) in [7, 11) is 3.52. The normalized spacial score (nSPS) is 8.77. The molecule has 0 spiro atoms. The van der Waals surface area contributed by atoms with Crippen molar-refractivity contribution in [3.63, 3.8) is 0 Å². The van der Waals surface area contributed by atoms with E-state index in [0.29, 0.717) is 5.82 Å². The second-order valence-corrected chi connectivity index (χ2v) is 2.57. The van der Waals surface area contributed by atoms with Crippen LogP contribution in [0.2, 0.25) is 0 Å². The van der Waals surface area contributed by atoms with E-state index in [-0.39, 0.29) is 25.9 Å². The van der Waals surface area contributed by atoms with Gasteiger partial charge in [0.15, 0.2) is 0 Å². The summed E-state index contributed by atoms with van der Waals surface area (Å²) < 4.78 is 0. The van der Waals surface area contributed by atoms with Gasteiger partial charge in [0.1, 0.15) is 11.4 Å². The van der Waals surface area contributed by atoms with Crippen molar-refractivity contribution in [1.29, 1.82) is 0 Å². The Kier molecular flexibility index (Phi) is 4.53. The monoisotopic (exact) mass is 174 g/mol. The number of hydrogen-bond acceptors (Lipinski definition) is 3. The second-order valence-electron chi connectivity index (χ2n) is 2.57. The van der Waals surface area contributed by atoms with Gasteiger partial charge in [-0.3, -0.25) is 0 Å². The van der Waals surface area contributed by atoms with Crippen LogP contribution in [0.25, 0.3) is 0 Å². The number of pyridine rings is 1. The number of nitrogens with zero attached hydrogens (tertiary/aromatic N) is 2. The van der Waals surface area contributed by atoms with Crippen molar-refractivity contribution < 1.29 is 30.2 Å². The number of carbonyl (C=O) groups is 1. The summed E-state index contributed by atoms with van der Waals surface area (Å²) >= 11 is 0. The van der Waals surface area contributed by atoms with Gasteiger partial charge in [-0.05, 0) is 12.1 Å². The van der Waals surface area contributed by atoms with Crippen molar-refractivity contribution in [3.8, 4) is 0 Å². The maximum absolute atomic E-state index is 10.7. The predicted octanol–water partition coefficient (Wildman–Crippen LogP) is -2.04. The first-order valence-corrected chi connectivity index (χ1v) is 3.48. The number of hydrogen-bond donors (Lipinski definition) is 1. The summed E-state index contributed by atoms with van der Waals surface area (Å²) in [6, 6.07) is 3.14. The molecule has 13 heavy (non-hydrogen) atoms. The van der Waals surface area contributed by atoms with Gasteiger partial charge in [-0.25, -0.2) is 9.78 Å². The molecule has 1 aromatic rings. The van der Waals surface area contributed by atoms with Crippen LogP contribution in [0.5, 0.6) is 0 Å².